The first-order valence-corrected chi connectivity index (χ1v) is 6.88. The summed E-state index contributed by atoms with van der Waals surface area (Å²) in [5.74, 6) is 2.70. The molecule has 0 saturated heterocycles. The SMILES string of the molecule is c1ccc2nc(NC(C3CC3)C3CC3)cnc2c1. The van der Waals surface area contributed by atoms with Gasteiger partial charge in [0.1, 0.15) is 5.82 Å². The molecule has 0 spiro atoms. The fraction of sp³-hybridized carbons (Fsp3) is 0.467. The highest BCUT2D eigenvalue weighted by molar-refractivity contribution is 5.75. The van der Waals surface area contributed by atoms with Crippen LogP contribution in [0.4, 0.5) is 5.82 Å². The summed E-state index contributed by atoms with van der Waals surface area (Å²) in [5, 5.41) is 3.62. The third-order valence-electron chi connectivity index (χ3n) is 4.02. The van der Waals surface area contributed by atoms with E-state index in [0.29, 0.717) is 6.04 Å². The maximum Gasteiger partial charge on any atom is 0.145 e. The molecule has 0 amide bonds. The molecular weight excluding hydrogens is 222 g/mol. The van der Waals surface area contributed by atoms with Gasteiger partial charge in [-0.15, -0.1) is 0 Å². The van der Waals surface area contributed by atoms with Crippen molar-refractivity contribution in [1.82, 2.24) is 9.97 Å². The Morgan fingerprint density at radius 3 is 2.33 bits per heavy atom. The molecule has 3 nitrogen and oxygen atoms in total. The maximum absolute atomic E-state index is 4.66. The standard InChI is InChI=1S/C15H17N3/c1-2-4-13-12(3-1)16-9-14(17-13)18-15(10-5-6-10)11-7-8-11/h1-4,9-11,15H,5-8H2,(H,17,18). The van der Waals surface area contributed by atoms with Crippen molar-refractivity contribution in [2.24, 2.45) is 11.8 Å². The monoisotopic (exact) mass is 239 g/mol. The second-order valence-corrected chi connectivity index (χ2v) is 5.59. The van der Waals surface area contributed by atoms with Crippen molar-refractivity contribution in [3.05, 3.63) is 30.5 Å². The second-order valence-electron chi connectivity index (χ2n) is 5.59. The van der Waals surface area contributed by atoms with Crippen LogP contribution >= 0.6 is 0 Å². The lowest BCUT2D eigenvalue weighted by Crippen LogP contribution is -2.24. The van der Waals surface area contributed by atoms with Gasteiger partial charge in [-0.3, -0.25) is 4.98 Å². The number of anilines is 1. The summed E-state index contributed by atoms with van der Waals surface area (Å²) in [6.07, 6.45) is 7.41. The molecular formula is C15H17N3. The Morgan fingerprint density at radius 1 is 1.00 bits per heavy atom. The second kappa shape index (κ2) is 3.94. The maximum atomic E-state index is 4.66. The van der Waals surface area contributed by atoms with Crippen molar-refractivity contribution in [1.29, 1.82) is 0 Å². The summed E-state index contributed by atoms with van der Waals surface area (Å²) in [7, 11) is 0. The van der Waals surface area contributed by atoms with E-state index in [9.17, 15) is 0 Å². The summed E-state index contributed by atoms with van der Waals surface area (Å²) in [6.45, 7) is 0. The number of para-hydroxylation sites is 2. The number of hydrogen-bond acceptors (Lipinski definition) is 3. The van der Waals surface area contributed by atoms with Crippen molar-refractivity contribution >= 4 is 16.9 Å². The van der Waals surface area contributed by atoms with E-state index in [-0.39, 0.29) is 0 Å². The number of aromatic nitrogens is 2. The van der Waals surface area contributed by atoms with E-state index < -0.39 is 0 Å². The summed E-state index contributed by atoms with van der Waals surface area (Å²) in [5.41, 5.74) is 1.95. The van der Waals surface area contributed by atoms with Crippen molar-refractivity contribution in [3.8, 4) is 0 Å². The minimum absolute atomic E-state index is 0.639. The lowest BCUT2D eigenvalue weighted by Gasteiger charge is -2.18. The first-order chi connectivity index (χ1) is 8.90. The Hall–Kier alpha value is -1.64. The van der Waals surface area contributed by atoms with Gasteiger partial charge >= 0.3 is 0 Å². The molecule has 0 aliphatic heterocycles. The molecule has 1 N–H and O–H groups in total. The highest BCUT2D eigenvalue weighted by Gasteiger charge is 2.41. The summed E-state index contributed by atoms with van der Waals surface area (Å²) in [4.78, 5) is 9.13. The molecule has 1 heterocycles. The van der Waals surface area contributed by atoms with Crippen molar-refractivity contribution in [3.63, 3.8) is 0 Å². The molecule has 0 unspecified atom stereocenters. The van der Waals surface area contributed by atoms with Gasteiger partial charge in [0, 0.05) is 6.04 Å². The van der Waals surface area contributed by atoms with Crippen molar-refractivity contribution < 1.29 is 0 Å². The third-order valence-corrected chi connectivity index (χ3v) is 4.02. The molecule has 0 atom stereocenters. The van der Waals surface area contributed by atoms with Crippen LogP contribution in [0.15, 0.2) is 30.5 Å². The van der Waals surface area contributed by atoms with Crippen LogP contribution < -0.4 is 5.32 Å². The average molecular weight is 239 g/mol. The molecule has 4 rings (SSSR count). The molecule has 0 bridgehead atoms. The quantitative estimate of drug-likeness (QED) is 0.890. The van der Waals surface area contributed by atoms with Crippen LogP contribution in [0.3, 0.4) is 0 Å². The molecule has 1 aromatic carbocycles. The molecule has 2 aliphatic rings. The summed E-state index contributed by atoms with van der Waals surface area (Å²) >= 11 is 0. The minimum atomic E-state index is 0.639. The summed E-state index contributed by atoms with van der Waals surface area (Å²) in [6, 6.07) is 8.68. The van der Waals surface area contributed by atoms with Crippen molar-refractivity contribution in [2.45, 2.75) is 31.7 Å². The summed E-state index contributed by atoms with van der Waals surface area (Å²) < 4.78 is 0. The average Bonchev–Trinajstić information content (AvgIpc) is 3.29. The van der Waals surface area contributed by atoms with E-state index in [1.165, 1.54) is 25.7 Å². The van der Waals surface area contributed by atoms with E-state index in [1.807, 2.05) is 30.5 Å². The van der Waals surface area contributed by atoms with E-state index in [1.54, 1.807) is 0 Å². The Balaban J connectivity index is 1.61. The smallest absolute Gasteiger partial charge is 0.145 e. The van der Waals surface area contributed by atoms with E-state index in [4.69, 9.17) is 0 Å². The number of nitrogens with one attached hydrogen (secondary N) is 1. The zero-order valence-corrected chi connectivity index (χ0v) is 10.3. The normalized spacial score (nSPS) is 19.4. The number of nitrogens with zero attached hydrogens (tertiary/aromatic N) is 2. The zero-order chi connectivity index (χ0) is 11.9. The molecule has 92 valence electrons. The molecule has 0 radical (unpaired) electrons. The molecule has 18 heavy (non-hydrogen) atoms. The van der Waals surface area contributed by atoms with Gasteiger partial charge in [0.2, 0.25) is 0 Å². The molecule has 1 aromatic heterocycles. The van der Waals surface area contributed by atoms with Crippen molar-refractivity contribution in [2.75, 3.05) is 5.32 Å². The van der Waals surface area contributed by atoms with Gasteiger partial charge in [-0.2, -0.15) is 0 Å². The highest BCUT2D eigenvalue weighted by atomic mass is 15.1. The van der Waals surface area contributed by atoms with Gasteiger partial charge in [0.15, 0.2) is 0 Å². The number of rotatable bonds is 4. The fourth-order valence-electron chi connectivity index (χ4n) is 2.73. The largest absolute Gasteiger partial charge is 0.365 e. The topological polar surface area (TPSA) is 37.8 Å². The Kier molecular flexibility index (Phi) is 2.25. The molecule has 2 aliphatic carbocycles. The van der Waals surface area contributed by atoms with Crippen LogP contribution in [0, 0.1) is 11.8 Å². The predicted octanol–water partition coefficient (Wildman–Crippen LogP) is 3.23. The highest BCUT2D eigenvalue weighted by Crippen LogP contribution is 2.45. The van der Waals surface area contributed by atoms with Crippen LogP contribution in [0.2, 0.25) is 0 Å². The van der Waals surface area contributed by atoms with Gasteiger partial charge in [0.25, 0.3) is 0 Å². The van der Waals surface area contributed by atoms with Gasteiger partial charge in [-0.25, -0.2) is 4.98 Å². The van der Waals surface area contributed by atoms with E-state index in [0.717, 1.165) is 28.7 Å². The van der Waals surface area contributed by atoms with Gasteiger partial charge in [0.05, 0.1) is 17.2 Å². The fourth-order valence-corrected chi connectivity index (χ4v) is 2.73. The van der Waals surface area contributed by atoms with Gasteiger partial charge in [-0.1, -0.05) is 12.1 Å². The minimum Gasteiger partial charge on any atom is -0.365 e. The zero-order valence-electron chi connectivity index (χ0n) is 10.3. The first-order valence-electron chi connectivity index (χ1n) is 6.88. The first kappa shape index (κ1) is 10.3. The molecule has 2 fully saturated rings. The third kappa shape index (κ3) is 1.94. The van der Waals surface area contributed by atoms with Crippen LogP contribution in [-0.2, 0) is 0 Å². The van der Waals surface area contributed by atoms with Crippen LogP contribution in [0.5, 0.6) is 0 Å². The lowest BCUT2D eigenvalue weighted by atomic mass is 10.1. The molecule has 2 aromatic rings. The number of hydrogen-bond donors (Lipinski definition) is 1. The van der Waals surface area contributed by atoms with E-state index in [2.05, 4.69) is 15.3 Å². The van der Waals surface area contributed by atoms with Crippen LogP contribution in [0.25, 0.3) is 11.0 Å². The van der Waals surface area contributed by atoms with Crippen LogP contribution in [-0.4, -0.2) is 16.0 Å². The number of fused-ring (bicyclic) bond motifs is 1. The van der Waals surface area contributed by atoms with E-state index >= 15 is 0 Å². The van der Waals surface area contributed by atoms with Gasteiger partial charge < -0.3 is 5.32 Å². The predicted molar refractivity (Wildman–Crippen MR) is 72.4 cm³/mol. The Labute approximate surface area is 107 Å². The Bertz CT molecular complexity index is 561. The lowest BCUT2D eigenvalue weighted by molar-refractivity contribution is 0.565. The number of benzene rings is 1. The molecule has 3 heteroatoms. The Morgan fingerprint density at radius 2 is 1.67 bits per heavy atom. The van der Waals surface area contributed by atoms with Gasteiger partial charge in [-0.05, 0) is 49.7 Å². The van der Waals surface area contributed by atoms with Crippen LogP contribution in [0.1, 0.15) is 25.7 Å². The molecule has 2 saturated carbocycles.